The zero-order valence-corrected chi connectivity index (χ0v) is 25.3. The maximum absolute atomic E-state index is 2.40. The zero-order chi connectivity index (χ0) is 29.7. The van der Waals surface area contributed by atoms with Gasteiger partial charge in [-0.25, -0.2) is 0 Å². The molecule has 7 aromatic carbocycles. The molecule has 0 unspecified atom stereocenters. The highest BCUT2D eigenvalue weighted by atomic mass is 32.1. The Hall–Kier alpha value is -5.64. The topological polar surface area (TPSA) is 8.17 Å². The molecule has 9 aromatic rings. The Morgan fingerprint density at radius 2 is 0.933 bits per heavy atom. The van der Waals surface area contributed by atoms with Gasteiger partial charge in [0.1, 0.15) is 0 Å². The van der Waals surface area contributed by atoms with Crippen LogP contribution in [0, 0.1) is 0 Å². The smallest absolute Gasteiger partial charge is 0.0640 e. The first-order valence-electron chi connectivity index (χ1n) is 15.3. The first-order valence-corrected chi connectivity index (χ1v) is 16.1. The summed E-state index contributed by atoms with van der Waals surface area (Å²) in [7, 11) is 0. The van der Waals surface area contributed by atoms with Gasteiger partial charge >= 0.3 is 0 Å². The molecule has 0 aliphatic heterocycles. The van der Waals surface area contributed by atoms with Crippen LogP contribution >= 0.6 is 11.3 Å². The Kier molecular flexibility index (Phi) is 6.03. The molecule has 45 heavy (non-hydrogen) atoms. The van der Waals surface area contributed by atoms with Crippen LogP contribution in [-0.2, 0) is 0 Å². The molecular weight excluding hydrogens is 565 g/mol. The van der Waals surface area contributed by atoms with Crippen molar-refractivity contribution in [2.24, 2.45) is 0 Å². The summed E-state index contributed by atoms with van der Waals surface area (Å²) in [5.41, 5.74) is 9.45. The van der Waals surface area contributed by atoms with Gasteiger partial charge in [0.2, 0.25) is 0 Å². The van der Waals surface area contributed by atoms with Gasteiger partial charge in [0.25, 0.3) is 0 Å². The third-order valence-corrected chi connectivity index (χ3v) is 10.0. The van der Waals surface area contributed by atoms with Gasteiger partial charge < -0.3 is 9.47 Å². The molecule has 2 heterocycles. The summed E-state index contributed by atoms with van der Waals surface area (Å²) in [6, 6.07) is 61.3. The Morgan fingerprint density at radius 3 is 1.62 bits per heavy atom. The van der Waals surface area contributed by atoms with Crippen molar-refractivity contribution in [3.05, 3.63) is 170 Å². The summed E-state index contributed by atoms with van der Waals surface area (Å²) < 4.78 is 4.97. The minimum atomic E-state index is 1.12. The number of nitrogens with zero attached hydrogens (tertiary/aromatic N) is 2. The number of thiophene rings is 1. The number of anilines is 3. The van der Waals surface area contributed by atoms with Crippen LogP contribution in [0.15, 0.2) is 170 Å². The molecule has 0 amide bonds. The minimum absolute atomic E-state index is 1.12. The zero-order valence-electron chi connectivity index (χ0n) is 24.5. The van der Waals surface area contributed by atoms with Gasteiger partial charge in [0.05, 0.1) is 21.4 Å². The Morgan fingerprint density at radius 1 is 0.400 bits per heavy atom. The number of hydrogen-bond acceptors (Lipinski definition) is 2. The van der Waals surface area contributed by atoms with Crippen LogP contribution in [0.1, 0.15) is 0 Å². The fourth-order valence-corrected chi connectivity index (χ4v) is 7.93. The molecule has 0 N–H and O–H groups in total. The summed E-state index contributed by atoms with van der Waals surface area (Å²) in [4.78, 5) is 2.40. The first kappa shape index (κ1) is 25.8. The summed E-state index contributed by atoms with van der Waals surface area (Å²) in [6.45, 7) is 0. The van der Waals surface area contributed by atoms with E-state index in [-0.39, 0.29) is 0 Å². The van der Waals surface area contributed by atoms with Gasteiger partial charge in [-0.2, -0.15) is 0 Å². The van der Waals surface area contributed by atoms with Crippen LogP contribution < -0.4 is 4.90 Å². The number of aromatic nitrogens is 1. The minimum Gasteiger partial charge on any atom is -0.309 e. The molecule has 3 heteroatoms. The second kappa shape index (κ2) is 10.5. The van der Waals surface area contributed by atoms with Crippen molar-refractivity contribution >= 4 is 70.4 Å². The van der Waals surface area contributed by atoms with Crippen molar-refractivity contribution in [2.45, 2.75) is 0 Å². The van der Waals surface area contributed by atoms with Gasteiger partial charge in [0.15, 0.2) is 0 Å². The largest absolute Gasteiger partial charge is 0.309 e. The molecule has 2 aromatic heterocycles. The lowest BCUT2D eigenvalue weighted by Crippen LogP contribution is -2.10. The fraction of sp³-hybridized carbons (Fsp3) is 0. The highest BCUT2D eigenvalue weighted by Gasteiger charge is 2.19. The van der Waals surface area contributed by atoms with Crippen molar-refractivity contribution < 1.29 is 0 Å². The van der Waals surface area contributed by atoms with E-state index < -0.39 is 0 Å². The molecule has 0 atom stereocenters. The van der Waals surface area contributed by atoms with Gasteiger partial charge in [-0.05, 0) is 71.8 Å². The Bertz CT molecular complexity index is 2420. The first-order chi connectivity index (χ1) is 22.3. The third kappa shape index (κ3) is 4.24. The van der Waals surface area contributed by atoms with E-state index in [2.05, 4.69) is 179 Å². The van der Waals surface area contributed by atoms with Crippen LogP contribution in [0.2, 0.25) is 0 Å². The standard InChI is InChI=1S/C42H28N2S/c1-2-11-29(12-3-1)30-21-23-31(24-22-30)43(40-19-10-16-37-36-15-6-9-20-41(36)45-42(37)40)32-25-27-33(28-26-32)44-38-17-7-4-13-34(38)35-14-5-8-18-39(35)44/h1-28H. The van der Waals surface area contributed by atoms with E-state index in [0.29, 0.717) is 0 Å². The lowest BCUT2D eigenvalue weighted by atomic mass is 10.0. The summed E-state index contributed by atoms with van der Waals surface area (Å²) in [6.07, 6.45) is 0. The van der Waals surface area contributed by atoms with Crippen LogP contribution in [0.4, 0.5) is 17.1 Å². The molecule has 0 fully saturated rings. The average Bonchev–Trinajstić information content (AvgIpc) is 3.66. The number of benzene rings is 7. The van der Waals surface area contributed by atoms with E-state index in [1.807, 2.05) is 11.3 Å². The van der Waals surface area contributed by atoms with E-state index in [4.69, 9.17) is 0 Å². The lowest BCUT2D eigenvalue weighted by Gasteiger charge is -2.26. The van der Waals surface area contributed by atoms with Crippen molar-refractivity contribution in [1.82, 2.24) is 4.57 Å². The average molecular weight is 593 g/mol. The molecule has 0 saturated heterocycles. The van der Waals surface area contributed by atoms with Gasteiger partial charge in [0, 0.05) is 43.3 Å². The highest BCUT2D eigenvalue weighted by Crippen LogP contribution is 2.45. The van der Waals surface area contributed by atoms with E-state index in [1.165, 1.54) is 58.8 Å². The monoisotopic (exact) mass is 592 g/mol. The van der Waals surface area contributed by atoms with E-state index in [0.717, 1.165) is 17.1 Å². The van der Waals surface area contributed by atoms with Crippen LogP contribution in [0.3, 0.4) is 0 Å². The highest BCUT2D eigenvalue weighted by molar-refractivity contribution is 7.26. The third-order valence-electron chi connectivity index (χ3n) is 8.80. The predicted octanol–water partition coefficient (Wildman–Crippen LogP) is 12.3. The quantitative estimate of drug-likeness (QED) is 0.193. The van der Waals surface area contributed by atoms with E-state index in [1.54, 1.807) is 0 Å². The number of hydrogen-bond donors (Lipinski definition) is 0. The summed E-state index contributed by atoms with van der Waals surface area (Å²) in [5, 5.41) is 5.14. The molecule has 0 saturated carbocycles. The molecule has 9 rings (SSSR count). The molecular formula is C42H28N2S. The number of fused-ring (bicyclic) bond motifs is 6. The SMILES string of the molecule is c1ccc(-c2ccc(N(c3ccc(-n4c5ccccc5c5ccccc54)cc3)c3cccc4c3sc3ccccc34)cc2)cc1. The van der Waals surface area contributed by atoms with Crippen molar-refractivity contribution in [2.75, 3.05) is 4.90 Å². The van der Waals surface area contributed by atoms with Gasteiger partial charge in [-0.1, -0.05) is 109 Å². The normalized spacial score (nSPS) is 11.6. The fourth-order valence-electron chi connectivity index (χ4n) is 6.72. The maximum Gasteiger partial charge on any atom is 0.0640 e. The van der Waals surface area contributed by atoms with Gasteiger partial charge in [-0.15, -0.1) is 11.3 Å². The van der Waals surface area contributed by atoms with E-state index >= 15 is 0 Å². The van der Waals surface area contributed by atoms with Crippen LogP contribution in [-0.4, -0.2) is 4.57 Å². The molecule has 0 bridgehead atoms. The molecule has 0 spiro atoms. The molecule has 212 valence electrons. The van der Waals surface area contributed by atoms with Crippen molar-refractivity contribution in [1.29, 1.82) is 0 Å². The predicted molar refractivity (Wildman–Crippen MR) is 194 cm³/mol. The molecule has 0 radical (unpaired) electrons. The van der Waals surface area contributed by atoms with Gasteiger partial charge in [-0.3, -0.25) is 0 Å². The molecule has 0 aliphatic rings. The number of para-hydroxylation sites is 2. The Balaban J connectivity index is 1.22. The van der Waals surface area contributed by atoms with Crippen molar-refractivity contribution in [3.8, 4) is 16.8 Å². The number of rotatable bonds is 5. The maximum atomic E-state index is 2.40. The van der Waals surface area contributed by atoms with Crippen molar-refractivity contribution in [3.63, 3.8) is 0 Å². The van der Waals surface area contributed by atoms with E-state index in [9.17, 15) is 0 Å². The van der Waals surface area contributed by atoms with Crippen LogP contribution in [0.25, 0.3) is 58.8 Å². The lowest BCUT2D eigenvalue weighted by molar-refractivity contribution is 1.17. The van der Waals surface area contributed by atoms with Crippen LogP contribution in [0.5, 0.6) is 0 Å². The second-order valence-corrected chi connectivity index (χ2v) is 12.4. The Labute approximate surface area is 265 Å². The summed E-state index contributed by atoms with van der Waals surface area (Å²) in [5.74, 6) is 0. The molecule has 0 aliphatic carbocycles. The second-order valence-electron chi connectivity index (χ2n) is 11.4. The molecule has 2 nitrogen and oxygen atoms in total. The summed E-state index contributed by atoms with van der Waals surface area (Å²) >= 11 is 1.86.